The molecular weight excluding hydrogens is 232 g/mol. The van der Waals surface area contributed by atoms with Gasteiger partial charge in [-0.25, -0.2) is 5.01 Å². The van der Waals surface area contributed by atoms with E-state index in [2.05, 4.69) is 11.5 Å². The lowest BCUT2D eigenvalue weighted by atomic mass is 10.1. The quantitative estimate of drug-likeness (QED) is 0.653. The number of nitrogens with one attached hydrogen (secondary N) is 1. The van der Waals surface area contributed by atoms with Crippen molar-refractivity contribution in [3.05, 3.63) is 34.4 Å². The number of piperidine rings is 1. The van der Waals surface area contributed by atoms with Gasteiger partial charge in [-0.2, -0.15) is 5.26 Å². The molecule has 6 heteroatoms. The molecule has 1 aliphatic rings. The Morgan fingerprint density at radius 3 is 2.72 bits per heavy atom. The normalized spacial score (nSPS) is 20.1. The zero-order chi connectivity index (χ0) is 13.0. The second kappa shape index (κ2) is 5.47. The number of anilines is 1. The number of hydrogen-bond acceptors (Lipinski definition) is 5. The van der Waals surface area contributed by atoms with E-state index in [0.29, 0.717) is 0 Å². The second-order valence-corrected chi connectivity index (χ2v) is 4.25. The number of nitro benzene ring substituents is 1. The maximum absolute atomic E-state index is 10.5. The fourth-order valence-electron chi connectivity index (χ4n) is 2.02. The fourth-order valence-corrected chi connectivity index (χ4v) is 2.02. The van der Waals surface area contributed by atoms with Gasteiger partial charge in [0.25, 0.3) is 5.69 Å². The first kappa shape index (κ1) is 12.3. The number of rotatable bonds is 3. The summed E-state index contributed by atoms with van der Waals surface area (Å²) in [6, 6.07) is 8.34. The van der Waals surface area contributed by atoms with Gasteiger partial charge in [0.15, 0.2) is 0 Å². The van der Waals surface area contributed by atoms with E-state index in [1.807, 2.05) is 5.01 Å². The van der Waals surface area contributed by atoms with Crippen LogP contribution in [0.25, 0.3) is 0 Å². The lowest BCUT2D eigenvalue weighted by molar-refractivity contribution is -0.384. The third-order valence-corrected chi connectivity index (χ3v) is 3.00. The van der Waals surface area contributed by atoms with Crippen LogP contribution in [0.2, 0.25) is 0 Å². The standard InChI is InChI=1S/C12H14N4O2/c13-9-12-3-1-2-8-15(12)14-10-4-6-11(7-5-10)16(17)18/h4-7,12,14H,1-3,8H2. The van der Waals surface area contributed by atoms with E-state index in [1.165, 1.54) is 12.1 Å². The third kappa shape index (κ3) is 2.76. The summed E-state index contributed by atoms with van der Waals surface area (Å²) >= 11 is 0. The summed E-state index contributed by atoms with van der Waals surface area (Å²) in [5.74, 6) is 0. The van der Waals surface area contributed by atoms with Gasteiger partial charge < -0.3 is 5.43 Å². The molecule has 2 rings (SSSR count). The molecule has 1 unspecified atom stereocenters. The van der Waals surface area contributed by atoms with E-state index >= 15 is 0 Å². The average molecular weight is 246 g/mol. The maximum Gasteiger partial charge on any atom is 0.269 e. The van der Waals surface area contributed by atoms with E-state index < -0.39 is 4.92 Å². The van der Waals surface area contributed by atoms with Gasteiger partial charge >= 0.3 is 0 Å². The van der Waals surface area contributed by atoms with Gasteiger partial charge in [0.2, 0.25) is 0 Å². The molecule has 0 aliphatic carbocycles. The molecular formula is C12H14N4O2. The minimum Gasteiger partial charge on any atom is -0.318 e. The molecule has 94 valence electrons. The molecule has 1 aliphatic heterocycles. The number of hydrogen-bond donors (Lipinski definition) is 1. The van der Waals surface area contributed by atoms with Crippen molar-refractivity contribution in [3.8, 4) is 6.07 Å². The molecule has 0 saturated carbocycles. The highest BCUT2D eigenvalue weighted by atomic mass is 16.6. The largest absolute Gasteiger partial charge is 0.318 e. The lowest BCUT2D eigenvalue weighted by Crippen LogP contribution is -2.42. The first-order chi connectivity index (χ1) is 8.70. The van der Waals surface area contributed by atoms with E-state index in [1.54, 1.807) is 12.1 Å². The highest BCUT2D eigenvalue weighted by Gasteiger charge is 2.21. The summed E-state index contributed by atoms with van der Waals surface area (Å²) in [5.41, 5.74) is 3.97. The van der Waals surface area contributed by atoms with Crippen LogP contribution in [0.15, 0.2) is 24.3 Å². The molecule has 0 radical (unpaired) electrons. The summed E-state index contributed by atoms with van der Waals surface area (Å²) in [4.78, 5) is 10.1. The van der Waals surface area contributed by atoms with Crippen LogP contribution in [0, 0.1) is 21.4 Å². The molecule has 1 N–H and O–H groups in total. The number of hydrazine groups is 1. The number of nitrogens with zero attached hydrogens (tertiary/aromatic N) is 3. The topological polar surface area (TPSA) is 82.2 Å². The monoisotopic (exact) mass is 246 g/mol. The van der Waals surface area contributed by atoms with Crippen LogP contribution in [-0.4, -0.2) is 22.5 Å². The van der Waals surface area contributed by atoms with Crippen molar-refractivity contribution in [2.45, 2.75) is 25.3 Å². The van der Waals surface area contributed by atoms with Gasteiger partial charge in [-0.15, -0.1) is 0 Å². The third-order valence-electron chi connectivity index (χ3n) is 3.00. The zero-order valence-electron chi connectivity index (χ0n) is 9.87. The molecule has 1 atom stereocenters. The first-order valence-corrected chi connectivity index (χ1v) is 5.88. The molecule has 1 heterocycles. The van der Waals surface area contributed by atoms with Crippen molar-refractivity contribution < 1.29 is 4.92 Å². The van der Waals surface area contributed by atoms with Crippen molar-refractivity contribution in [1.82, 2.24) is 5.01 Å². The van der Waals surface area contributed by atoms with Gasteiger partial charge in [-0.1, -0.05) is 0 Å². The van der Waals surface area contributed by atoms with Gasteiger partial charge in [0.05, 0.1) is 11.0 Å². The number of nitro groups is 1. The van der Waals surface area contributed by atoms with Gasteiger partial charge in [0, 0.05) is 24.4 Å². The lowest BCUT2D eigenvalue weighted by Gasteiger charge is -2.32. The second-order valence-electron chi connectivity index (χ2n) is 4.25. The Hall–Kier alpha value is -2.13. The fraction of sp³-hybridized carbons (Fsp3) is 0.417. The Balaban J connectivity index is 2.04. The summed E-state index contributed by atoms with van der Waals surface area (Å²) in [7, 11) is 0. The van der Waals surface area contributed by atoms with E-state index in [9.17, 15) is 10.1 Å². The minimum atomic E-state index is -0.428. The smallest absolute Gasteiger partial charge is 0.269 e. The molecule has 0 aromatic heterocycles. The zero-order valence-corrected chi connectivity index (χ0v) is 9.87. The van der Waals surface area contributed by atoms with E-state index in [0.717, 1.165) is 31.5 Å². The van der Waals surface area contributed by atoms with Crippen molar-refractivity contribution in [2.24, 2.45) is 0 Å². The summed E-state index contributed by atoms with van der Waals surface area (Å²) in [6.45, 7) is 0.815. The van der Waals surface area contributed by atoms with Crippen LogP contribution >= 0.6 is 0 Å². The predicted molar refractivity (Wildman–Crippen MR) is 66.7 cm³/mol. The molecule has 0 amide bonds. The Kier molecular flexibility index (Phi) is 3.75. The Morgan fingerprint density at radius 2 is 2.11 bits per heavy atom. The molecule has 0 spiro atoms. The van der Waals surface area contributed by atoms with Crippen LogP contribution in [0.3, 0.4) is 0 Å². The SMILES string of the molecule is N#CC1CCCCN1Nc1ccc([N+](=O)[O-])cc1. The van der Waals surface area contributed by atoms with Gasteiger partial charge in [-0.05, 0) is 31.4 Å². The van der Waals surface area contributed by atoms with E-state index in [-0.39, 0.29) is 11.7 Å². The number of nitriles is 1. The van der Waals surface area contributed by atoms with Crippen LogP contribution in [0.5, 0.6) is 0 Å². The maximum atomic E-state index is 10.5. The average Bonchev–Trinajstić information content (AvgIpc) is 2.40. The van der Waals surface area contributed by atoms with Crippen molar-refractivity contribution in [1.29, 1.82) is 5.26 Å². The molecule has 6 nitrogen and oxygen atoms in total. The Morgan fingerprint density at radius 1 is 1.39 bits per heavy atom. The van der Waals surface area contributed by atoms with Crippen LogP contribution in [0.1, 0.15) is 19.3 Å². The number of benzene rings is 1. The Labute approximate surface area is 105 Å². The van der Waals surface area contributed by atoms with Crippen molar-refractivity contribution in [2.75, 3.05) is 12.0 Å². The van der Waals surface area contributed by atoms with Crippen LogP contribution in [-0.2, 0) is 0 Å². The van der Waals surface area contributed by atoms with Gasteiger partial charge in [-0.3, -0.25) is 10.1 Å². The predicted octanol–water partition coefficient (Wildman–Crippen LogP) is 2.30. The summed E-state index contributed by atoms with van der Waals surface area (Å²) in [6.07, 6.45) is 2.98. The molecule has 1 aromatic rings. The molecule has 1 fully saturated rings. The van der Waals surface area contributed by atoms with Crippen molar-refractivity contribution in [3.63, 3.8) is 0 Å². The molecule has 0 bridgehead atoms. The molecule has 1 aromatic carbocycles. The Bertz CT molecular complexity index is 466. The van der Waals surface area contributed by atoms with Crippen molar-refractivity contribution >= 4 is 11.4 Å². The summed E-state index contributed by atoms with van der Waals surface area (Å²) < 4.78 is 0. The highest BCUT2D eigenvalue weighted by Crippen LogP contribution is 2.20. The summed E-state index contributed by atoms with van der Waals surface area (Å²) in [5, 5.41) is 21.5. The van der Waals surface area contributed by atoms with E-state index in [4.69, 9.17) is 5.26 Å². The first-order valence-electron chi connectivity index (χ1n) is 5.88. The molecule has 1 saturated heterocycles. The number of non-ortho nitro benzene ring substituents is 1. The van der Waals surface area contributed by atoms with Crippen LogP contribution in [0.4, 0.5) is 11.4 Å². The van der Waals surface area contributed by atoms with Crippen LogP contribution < -0.4 is 5.43 Å². The molecule has 18 heavy (non-hydrogen) atoms. The minimum absolute atomic E-state index is 0.0658. The van der Waals surface area contributed by atoms with Gasteiger partial charge in [0.1, 0.15) is 6.04 Å². The highest BCUT2D eigenvalue weighted by molar-refractivity contribution is 5.48.